The van der Waals surface area contributed by atoms with Crippen molar-refractivity contribution in [2.45, 2.75) is 25.8 Å². The number of aromatic nitrogens is 2. The molecule has 2 aromatic rings. The highest BCUT2D eigenvalue weighted by Crippen LogP contribution is 2.22. The molecule has 0 fully saturated rings. The minimum atomic E-state index is 0.353. The molecule has 0 spiro atoms. The van der Waals surface area contributed by atoms with Crippen LogP contribution in [0.15, 0.2) is 36.7 Å². The molecule has 3 N–H and O–H groups in total. The van der Waals surface area contributed by atoms with E-state index in [9.17, 15) is 0 Å². The Bertz CT molecular complexity index is 611. The lowest BCUT2D eigenvalue weighted by Crippen LogP contribution is -2.42. The lowest BCUT2D eigenvalue weighted by atomic mass is 10.0. The predicted octanol–water partition coefficient (Wildman–Crippen LogP) is 2.38. The molecule has 1 aliphatic heterocycles. The number of nitrogens with one attached hydrogen (secondary N) is 3. The lowest BCUT2D eigenvalue weighted by Gasteiger charge is -2.28. The Kier molecular flexibility index (Phi) is 4.53. The first-order chi connectivity index (χ1) is 10.7. The van der Waals surface area contributed by atoms with Crippen molar-refractivity contribution in [3.8, 4) is 0 Å². The van der Waals surface area contributed by atoms with E-state index in [4.69, 9.17) is 0 Å². The third-order valence-electron chi connectivity index (χ3n) is 4.03. The molecule has 22 heavy (non-hydrogen) atoms. The number of fused-ring (bicyclic) bond motifs is 1. The standard InChI is InChI=1S/C17H23N5/c1-12(14-6-5-13(2)20-9-14)8-18-10-15-11-21-16-4-3-7-19-17(16)22-15/h3-7,9,12,15,18,21H,8,10-11H2,1-2H3,(H,19,22)/t12-,15-/m0/s1. The van der Waals surface area contributed by atoms with Crippen molar-refractivity contribution >= 4 is 11.5 Å². The molecule has 3 heterocycles. The first-order valence-electron chi connectivity index (χ1n) is 7.81. The van der Waals surface area contributed by atoms with Crippen LogP contribution in [-0.2, 0) is 0 Å². The van der Waals surface area contributed by atoms with Crippen molar-refractivity contribution in [1.29, 1.82) is 0 Å². The molecule has 116 valence electrons. The van der Waals surface area contributed by atoms with Gasteiger partial charge in [-0.3, -0.25) is 4.98 Å². The van der Waals surface area contributed by atoms with Crippen molar-refractivity contribution in [3.63, 3.8) is 0 Å². The predicted molar refractivity (Wildman–Crippen MR) is 90.4 cm³/mol. The Morgan fingerprint density at radius 2 is 2.23 bits per heavy atom. The van der Waals surface area contributed by atoms with Gasteiger partial charge >= 0.3 is 0 Å². The van der Waals surface area contributed by atoms with Crippen molar-refractivity contribution in [2.24, 2.45) is 0 Å². The highest BCUT2D eigenvalue weighted by molar-refractivity contribution is 5.66. The summed E-state index contributed by atoms with van der Waals surface area (Å²) in [7, 11) is 0. The van der Waals surface area contributed by atoms with Crippen LogP contribution < -0.4 is 16.0 Å². The lowest BCUT2D eigenvalue weighted by molar-refractivity contribution is 0.571. The maximum Gasteiger partial charge on any atom is 0.149 e. The Balaban J connectivity index is 1.47. The van der Waals surface area contributed by atoms with Crippen LogP contribution in [0.25, 0.3) is 0 Å². The van der Waals surface area contributed by atoms with Gasteiger partial charge in [0.15, 0.2) is 0 Å². The maximum absolute atomic E-state index is 4.36. The molecule has 1 aliphatic rings. The van der Waals surface area contributed by atoms with Crippen LogP contribution in [0.4, 0.5) is 11.5 Å². The van der Waals surface area contributed by atoms with Crippen molar-refractivity contribution in [1.82, 2.24) is 15.3 Å². The second kappa shape index (κ2) is 6.75. The van der Waals surface area contributed by atoms with Gasteiger partial charge in [-0.1, -0.05) is 13.0 Å². The number of hydrogen-bond acceptors (Lipinski definition) is 5. The average molecular weight is 297 g/mol. The molecule has 5 nitrogen and oxygen atoms in total. The quantitative estimate of drug-likeness (QED) is 0.791. The smallest absolute Gasteiger partial charge is 0.149 e. The topological polar surface area (TPSA) is 61.9 Å². The van der Waals surface area contributed by atoms with E-state index < -0.39 is 0 Å². The van der Waals surface area contributed by atoms with Gasteiger partial charge in [0.05, 0.1) is 11.7 Å². The minimum absolute atomic E-state index is 0.353. The van der Waals surface area contributed by atoms with Crippen LogP contribution in [0.5, 0.6) is 0 Å². The SMILES string of the molecule is Cc1ccc([C@@H](C)CNC[C@H]2CNc3cccnc3N2)cn1. The molecule has 2 atom stereocenters. The zero-order chi connectivity index (χ0) is 15.4. The van der Waals surface area contributed by atoms with Crippen LogP contribution in [0.1, 0.15) is 24.1 Å². The van der Waals surface area contributed by atoms with E-state index >= 15 is 0 Å². The summed E-state index contributed by atoms with van der Waals surface area (Å²) in [6.45, 7) is 7.00. The van der Waals surface area contributed by atoms with Crippen molar-refractivity contribution in [3.05, 3.63) is 47.9 Å². The molecule has 0 aromatic carbocycles. The monoisotopic (exact) mass is 297 g/mol. The molecular formula is C17H23N5. The molecule has 0 bridgehead atoms. The zero-order valence-electron chi connectivity index (χ0n) is 13.1. The average Bonchev–Trinajstić information content (AvgIpc) is 2.55. The maximum atomic E-state index is 4.36. The van der Waals surface area contributed by atoms with Gasteiger partial charge in [-0.2, -0.15) is 0 Å². The van der Waals surface area contributed by atoms with Gasteiger partial charge in [-0.05, 0) is 36.6 Å². The summed E-state index contributed by atoms with van der Waals surface area (Å²) in [5.74, 6) is 1.39. The number of nitrogens with zero attached hydrogens (tertiary/aromatic N) is 2. The summed E-state index contributed by atoms with van der Waals surface area (Å²) in [6.07, 6.45) is 3.79. The Hall–Kier alpha value is -2.14. The fraction of sp³-hybridized carbons (Fsp3) is 0.412. The highest BCUT2D eigenvalue weighted by Gasteiger charge is 2.17. The van der Waals surface area contributed by atoms with E-state index in [2.05, 4.69) is 45.0 Å². The molecule has 0 saturated carbocycles. The Morgan fingerprint density at radius 3 is 3.05 bits per heavy atom. The largest absolute Gasteiger partial charge is 0.380 e. The number of anilines is 2. The second-order valence-corrected chi connectivity index (χ2v) is 5.91. The molecule has 3 rings (SSSR count). The number of pyridine rings is 2. The van der Waals surface area contributed by atoms with Gasteiger partial charge < -0.3 is 16.0 Å². The molecule has 0 saturated heterocycles. The zero-order valence-corrected chi connectivity index (χ0v) is 13.1. The Labute approximate surface area is 131 Å². The van der Waals surface area contributed by atoms with E-state index in [-0.39, 0.29) is 0 Å². The number of hydrogen-bond donors (Lipinski definition) is 3. The van der Waals surface area contributed by atoms with Crippen molar-refractivity contribution in [2.75, 3.05) is 30.3 Å². The second-order valence-electron chi connectivity index (χ2n) is 5.91. The third kappa shape index (κ3) is 3.54. The van der Waals surface area contributed by atoms with Crippen LogP contribution in [0, 0.1) is 6.92 Å². The van der Waals surface area contributed by atoms with E-state index in [1.54, 1.807) is 0 Å². The van der Waals surface area contributed by atoms with Crippen LogP contribution in [-0.4, -0.2) is 35.6 Å². The van der Waals surface area contributed by atoms with E-state index in [1.807, 2.05) is 31.5 Å². The highest BCUT2D eigenvalue weighted by atomic mass is 15.1. The summed E-state index contributed by atoms with van der Waals surface area (Å²) in [6, 6.07) is 8.58. The van der Waals surface area contributed by atoms with Gasteiger partial charge in [-0.25, -0.2) is 4.98 Å². The molecule has 0 radical (unpaired) electrons. The van der Waals surface area contributed by atoms with E-state index in [0.29, 0.717) is 12.0 Å². The van der Waals surface area contributed by atoms with E-state index in [1.165, 1.54) is 5.56 Å². The normalized spacial score (nSPS) is 18.0. The number of aryl methyl sites for hydroxylation is 1. The number of rotatable bonds is 5. The summed E-state index contributed by atoms with van der Waals surface area (Å²) in [5, 5.41) is 10.4. The summed E-state index contributed by atoms with van der Waals surface area (Å²) < 4.78 is 0. The van der Waals surface area contributed by atoms with Crippen LogP contribution in [0.3, 0.4) is 0 Å². The first-order valence-corrected chi connectivity index (χ1v) is 7.81. The summed E-state index contributed by atoms with van der Waals surface area (Å²) >= 11 is 0. The molecule has 2 aromatic heterocycles. The minimum Gasteiger partial charge on any atom is -0.380 e. The first kappa shape index (κ1) is 14.8. The molecule has 0 aliphatic carbocycles. The fourth-order valence-corrected chi connectivity index (χ4v) is 2.63. The van der Waals surface area contributed by atoms with Crippen LogP contribution >= 0.6 is 0 Å². The summed E-state index contributed by atoms with van der Waals surface area (Å²) in [4.78, 5) is 8.72. The van der Waals surface area contributed by atoms with Crippen LogP contribution in [0.2, 0.25) is 0 Å². The van der Waals surface area contributed by atoms with Gasteiger partial charge in [0.1, 0.15) is 5.82 Å². The van der Waals surface area contributed by atoms with Crippen molar-refractivity contribution < 1.29 is 0 Å². The fourth-order valence-electron chi connectivity index (χ4n) is 2.63. The van der Waals surface area contributed by atoms with Gasteiger partial charge in [0.25, 0.3) is 0 Å². The Morgan fingerprint density at radius 1 is 1.32 bits per heavy atom. The molecular weight excluding hydrogens is 274 g/mol. The van der Waals surface area contributed by atoms with Gasteiger partial charge in [0.2, 0.25) is 0 Å². The van der Waals surface area contributed by atoms with Gasteiger partial charge in [-0.15, -0.1) is 0 Å². The molecule has 0 unspecified atom stereocenters. The van der Waals surface area contributed by atoms with Gasteiger partial charge in [0, 0.05) is 37.7 Å². The third-order valence-corrected chi connectivity index (χ3v) is 4.03. The molecule has 5 heteroatoms. The molecule has 0 amide bonds. The van der Waals surface area contributed by atoms with E-state index in [0.717, 1.165) is 36.8 Å². The summed E-state index contributed by atoms with van der Waals surface area (Å²) in [5.41, 5.74) is 3.42.